The van der Waals surface area contributed by atoms with Gasteiger partial charge in [-0.2, -0.15) is 0 Å². The Morgan fingerprint density at radius 3 is 2.46 bits per heavy atom. The summed E-state index contributed by atoms with van der Waals surface area (Å²) in [6.45, 7) is 0. The molecule has 1 unspecified atom stereocenters. The van der Waals surface area contributed by atoms with Gasteiger partial charge in [-0.3, -0.25) is 4.79 Å². The fourth-order valence-corrected chi connectivity index (χ4v) is 1.08. The van der Waals surface area contributed by atoms with Crippen LogP contribution in [0, 0.1) is 0 Å². The lowest BCUT2D eigenvalue weighted by atomic mass is 10.1. The van der Waals surface area contributed by atoms with Crippen molar-refractivity contribution in [3.8, 4) is 0 Å². The van der Waals surface area contributed by atoms with Crippen LogP contribution in [0.5, 0.6) is 0 Å². The highest BCUT2D eigenvalue weighted by Crippen LogP contribution is 2.12. The van der Waals surface area contributed by atoms with E-state index in [0.29, 0.717) is 4.90 Å². The van der Waals surface area contributed by atoms with Crippen molar-refractivity contribution in [3.63, 3.8) is 0 Å². The maximum Gasteiger partial charge on any atom is 0.415 e. The average Bonchev–Trinajstić information content (AvgIpc) is 2.02. The van der Waals surface area contributed by atoms with Crippen LogP contribution in [0.4, 0.5) is 4.79 Å². The summed E-state index contributed by atoms with van der Waals surface area (Å²) in [6.07, 6.45) is 0.878. The molecule has 0 saturated carbocycles. The molecule has 1 aliphatic heterocycles. The predicted molar refractivity (Wildman–Crippen MR) is 40.1 cm³/mol. The molecular formula is C7H7NO5. The topological polar surface area (TPSA) is 94.9 Å². The van der Waals surface area contributed by atoms with Gasteiger partial charge < -0.3 is 10.2 Å². The Balaban J connectivity index is 2.96. The van der Waals surface area contributed by atoms with Crippen molar-refractivity contribution in [2.24, 2.45) is 0 Å². The molecule has 0 aromatic heterocycles. The molecule has 6 heteroatoms. The molecule has 0 aromatic rings. The standard InChI is InChI=1S/C7H7NO5/c9-5-3-1-2-4(6(10)11)8(5)7(12)13/h1,3-4H,2H2,(H,10,11)(H,12,13). The van der Waals surface area contributed by atoms with E-state index < -0.39 is 24.0 Å². The molecule has 1 aliphatic rings. The van der Waals surface area contributed by atoms with Crippen molar-refractivity contribution in [2.75, 3.05) is 0 Å². The zero-order valence-electron chi connectivity index (χ0n) is 6.51. The number of hydrogen-bond donors (Lipinski definition) is 2. The second-order valence-electron chi connectivity index (χ2n) is 2.48. The fraction of sp³-hybridized carbons (Fsp3) is 0.286. The van der Waals surface area contributed by atoms with Crippen LogP contribution < -0.4 is 0 Å². The Labute approximate surface area is 73.1 Å². The molecule has 1 atom stereocenters. The maximum atomic E-state index is 10.9. The van der Waals surface area contributed by atoms with E-state index in [1.54, 1.807) is 0 Å². The molecule has 2 amide bonds. The van der Waals surface area contributed by atoms with E-state index in [4.69, 9.17) is 10.2 Å². The first-order chi connectivity index (χ1) is 6.04. The summed E-state index contributed by atoms with van der Waals surface area (Å²) in [7, 11) is 0. The van der Waals surface area contributed by atoms with Crippen molar-refractivity contribution in [1.82, 2.24) is 4.90 Å². The lowest BCUT2D eigenvalue weighted by Gasteiger charge is -2.24. The smallest absolute Gasteiger partial charge is 0.415 e. The van der Waals surface area contributed by atoms with E-state index in [-0.39, 0.29) is 6.42 Å². The van der Waals surface area contributed by atoms with Gasteiger partial charge in [0, 0.05) is 0 Å². The molecular weight excluding hydrogens is 178 g/mol. The maximum absolute atomic E-state index is 10.9. The molecule has 6 nitrogen and oxygen atoms in total. The summed E-state index contributed by atoms with van der Waals surface area (Å²) >= 11 is 0. The molecule has 0 radical (unpaired) electrons. The first kappa shape index (κ1) is 9.24. The van der Waals surface area contributed by atoms with Gasteiger partial charge >= 0.3 is 12.1 Å². The number of carbonyl (C=O) groups excluding carboxylic acids is 1. The fourth-order valence-electron chi connectivity index (χ4n) is 1.08. The van der Waals surface area contributed by atoms with Gasteiger partial charge in [0.2, 0.25) is 0 Å². The molecule has 70 valence electrons. The first-order valence-electron chi connectivity index (χ1n) is 3.49. The number of imide groups is 1. The molecule has 2 N–H and O–H groups in total. The molecule has 0 aromatic carbocycles. The highest BCUT2D eigenvalue weighted by molar-refractivity contribution is 6.02. The van der Waals surface area contributed by atoms with E-state index in [9.17, 15) is 14.4 Å². The van der Waals surface area contributed by atoms with Crippen LogP contribution in [0.25, 0.3) is 0 Å². The van der Waals surface area contributed by atoms with Crippen LogP contribution in [0.3, 0.4) is 0 Å². The first-order valence-corrected chi connectivity index (χ1v) is 3.49. The number of aliphatic carboxylic acids is 1. The molecule has 1 heterocycles. The summed E-state index contributed by atoms with van der Waals surface area (Å²) in [6, 6.07) is -1.30. The third-order valence-electron chi connectivity index (χ3n) is 1.66. The lowest BCUT2D eigenvalue weighted by Crippen LogP contribution is -2.48. The third kappa shape index (κ3) is 1.66. The summed E-state index contributed by atoms with van der Waals surface area (Å²) in [5.74, 6) is -2.13. The van der Waals surface area contributed by atoms with Crippen molar-refractivity contribution >= 4 is 18.0 Å². The summed E-state index contributed by atoms with van der Waals surface area (Å²) in [4.78, 5) is 32.3. The van der Waals surface area contributed by atoms with Crippen LogP contribution in [0.2, 0.25) is 0 Å². The SMILES string of the molecule is O=C(O)C1CC=CC(=O)N1C(=O)O. The van der Waals surface area contributed by atoms with Gasteiger partial charge in [-0.15, -0.1) is 0 Å². The summed E-state index contributed by atoms with van der Waals surface area (Å²) in [5, 5.41) is 17.1. The molecule has 0 bridgehead atoms. The van der Waals surface area contributed by atoms with Gasteiger partial charge in [0.1, 0.15) is 6.04 Å². The summed E-state index contributed by atoms with van der Waals surface area (Å²) < 4.78 is 0. The van der Waals surface area contributed by atoms with E-state index in [2.05, 4.69) is 0 Å². The molecule has 0 spiro atoms. The minimum atomic E-state index is -1.54. The summed E-state index contributed by atoms with van der Waals surface area (Å²) in [5.41, 5.74) is 0. The van der Waals surface area contributed by atoms with Gasteiger partial charge in [-0.1, -0.05) is 6.08 Å². The predicted octanol–water partition coefficient (Wildman–Crippen LogP) is -0.0939. The quantitative estimate of drug-likeness (QED) is 0.595. The minimum absolute atomic E-state index is 0.0212. The number of rotatable bonds is 1. The number of amides is 2. The molecule has 0 aliphatic carbocycles. The molecule has 0 fully saturated rings. The second kappa shape index (κ2) is 3.26. The van der Waals surface area contributed by atoms with Gasteiger partial charge in [-0.25, -0.2) is 14.5 Å². The number of carbonyl (C=O) groups is 3. The van der Waals surface area contributed by atoms with Crippen LogP contribution in [-0.2, 0) is 9.59 Å². The number of hydrogen-bond acceptors (Lipinski definition) is 3. The normalized spacial score (nSPS) is 21.7. The van der Waals surface area contributed by atoms with Gasteiger partial charge in [0.25, 0.3) is 5.91 Å². The van der Waals surface area contributed by atoms with Crippen LogP contribution in [0.15, 0.2) is 12.2 Å². The van der Waals surface area contributed by atoms with Crippen LogP contribution in [-0.4, -0.2) is 39.1 Å². The zero-order chi connectivity index (χ0) is 10.0. The number of nitrogens with zero attached hydrogens (tertiary/aromatic N) is 1. The monoisotopic (exact) mass is 185 g/mol. The van der Waals surface area contributed by atoms with Crippen molar-refractivity contribution in [1.29, 1.82) is 0 Å². The van der Waals surface area contributed by atoms with E-state index >= 15 is 0 Å². The highest BCUT2D eigenvalue weighted by Gasteiger charge is 2.35. The molecule has 13 heavy (non-hydrogen) atoms. The Hall–Kier alpha value is -1.85. The Kier molecular flexibility index (Phi) is 2.32. The van der Waals surface area contributed by atoms with E-state index in [1.807, 2.05) is 0 Å². The Bertz CT molecular complexity index is 295. The van der Waals surface area contributed by atoms with Crippen molar-refractivity contribution in [2.45, 2.75) is 12.5 Å². The van der Waals surface area contributed by atoms with Crippen molar-refractivity contribution in [3.05, 3.63) is 12.2 Å². The lowest BCUT2D eigenvalue weighted by molar-refractivity contribution is -0.147. The molecule has 1 rings (SSSR count). The average molecular weight is 185 g/mol. The van der Waals surface area contributed by atoms with E-state index in [0.717, 1.165) is 6.08 Å². The number of carboxylic acid groups (broad SMARTS) is 2. The van der Waals surface area contributed by atoms with Gasteiger partial charge in [0.05, 0.1) is 0 Å². The van der Waals surface area contributed by atoms with Gasteiger partial charge in [-0.05, 0) is 12.5 Å². The van der Waals surface area contributed by atoms with E-state index in [1.165, 1.54) is 6.08 Å². The highest BCUT2D eigenvalue weighted by atomic mass is 16.4. The second-order valence-corrected chi connectivity index (χ2v) is 2.48. The Morgan fingerprint density at radius 1 is 1.46 bits per heavy atom. The zero-order valence-corrected chi connectivity index (χ0v) is 6.51. The minimum Gasteiger partial charge on any atom is -0.480 e. The van der Waals surface area contributed by atoms with Gasteiger partial charge in [0.15, 0.2) is 0 Å². The van der Waals surface area contributed by atoms with Crippen molar-refractivity contribution < 1.29 is 24.6 Å². The third-order valence-corrected chi connectivity index (χ3v) is 1.66. The number of carboxylic acids is 1. The van der Waals surface area contributed by atoms with Crippen LogP contribution in [0.1, 0.15) is 6.42 Å². The Morgan fingerprint density at radius 2 is 2.08 bits per heavy atom. The molecule has 0 saturated heterocycles. The van der Waals surface area contributed by atoms with Crippen LogP contribution >= 0.6 is 0 Å². The largest absolute Gasteiger partial charge is 0.480 e.